The number of fused-ring (bicyclic) bond motifs is 35. The summed E-state index contributed by atoms with van der Waals surface area (Å²) < 4.78 is 6.60. The van der Waals surface area contributed by atoms with Gasteiger partial charge in [0, 0.05) is 101 Å². The minimum atomic E-state index is 0.774. The summed E-state index contributed by atoms with van der Waals surface area (Å²) in [6.45, 7) is 0. The van der Waals surface area contributed by atoms with Crippen LogP contribution >= 0.6 is 0 Å². The Kier molecular flexibility index (Phi) is 17.4. The van der Waals surface area contributed by atoms with E-state index in [1.807, 2.05) is 54.6 Å². The molecule has 0 aliphatic heterocycles. The van der Waals surface area contributed by atoms with Gasteiger partial charge in [-0.1, -0.05) is 315 Å². The normalized spacial score (nSPS) is 11.9. The molecule has 0 spiro atoms. The van der Waals surface area contributed by atoms with Crippen molar-refractivity contribution in [1.29, 1.82) is 0 Å². The molecule has 0 radical (unpaired) electrons. The largest absolute Gasteiger partial charge is 0.299 e. The second kappa shape index (κ2) is 31.0. The summed E-state index contributed by atoms with van der Waals surface area (Å²) in [7, 11) is 0. The standard InChI is InChI=1S/C42H25N5.2C41H24N4/c1-2-10-27(11-3-1)38-41(35-14-6-8-22-43-35)46-39-33-24-28(17-16-26(33)19-21-36(39)44-38)29-18-20-32-34(25-29)30-12-4-5-13-31(30)40-42(32)47-23-9-7-15-37(47)45-40;1-2-11-27-23-28(17-16-25(27)9-1)38-37(42-35-21-19-26-10-3-4-12-30(26)39(35)44-38)29-18-20-33-34(24-29)31-13-5-6-14-32(31)40-41(33)45-22-8-7-15-36(45)43-40;1-2-11-27-23-28(17-16-25(27)9-1)37-38(44-39-30-12-4-3-10-26(30)19-21-35(39)42-37)29-18-20-33-34(24-29)31-13-5-6-14-32(31)40-41(33)45-22-8-7-15-36(45)43-40/h1-25H;2*1-24H. The molecule has 0 saturated carbocycles. The van der Waals surface area contributed by atoms with Gasteiger partial charge in [-0.25, -0.2) is 44.9 Å². The molecule has 0 aliphatic carbocycles. The molecule has 10 heterocycles. The minimum absolute atomic E-state index is 0.774. The molecular weight excluding hydrogens is 1670 g/mol. The highest BCUT2D eigenvalue weighted by molar-refractivity contribution is 6.28. The molecule has 0 fully saturated rings. The van der Waals surface area contributed by atoms with Gasteiger partial charge in [0.1, 0.15) is 22.6 Å². The van der Waals surface area contributed by atoms with Crippen LogP contribution in [-0.4, -0.2) is 63.0 Å². The lowest BCUT2D eigenvalue weighted by atomic mass is 9.94. The van der Waals surface area contributed by atoms with E-state index in [9.17, 15) is 0 Å². The Balaban J connectivity index is 0.000000102. The third kappa shape index (κ3) is 12.6. The Hall–Kier alpha value is -18.7. The van der Waals surface area contributed by atoms with Crippen molar-refractivity contribution in [1.82, 2.24) is 63.0 Å². The van der Waals surface area contributed by atoms with E-state index >= 15 is 0 Å². The van der Waals surface area contributed by atoms with Crippen molar-refractivity contribution < 1.29 is 0 Å². The van der Waals surface area contributed by atoms with Gasteiger partial charge in [0.2, 0.25) is 0 Å². The van der Waals surface area contributed by atoms with Crippen molar-refractivity contribution in [2.24, 2.45) is 0 Å². The SMILES string of the molecule is c1ccc(-c2nc3ccc4ccc(-c5ccc6c(c5)c5ccccc5c5nc7ccccn7c65)cc4c3nc2-c2ccccn2)cc1.c1ccc2cc(-c3nc4c(ccc5ccccc54)nc3-c3ccc4c(c3)c3ccccc3c3nc5ccccn5c43)ccc2c1.c1ccc2cc(-c3nc4ccc5ccccc5c4nc3-c3ccc4c(c3)c3ccccc3c3nc5ccccn5c43)ccc2c1. The Bertz CT molecular complexity index is 10400. The van der Waals surface area contributed by atoms with Gasteiger partial charge in [-0.3, -0.25) is 18.2 Å². The summed E-state index contributed by atoms with van der Waals surface area (Å²) >= 11 is 0. The van der Waals surface area contributed by atoms with Gasteiger partial charge < -0.3 is 0 Å². The third-order valence-corrected chi connectivity index (χ3v) is 27.5. The van der Waals surface area contributed by atoms with Gasteiger partial charge in [0.05, 0.1) is 100 Å². The van der Waals surface area contributed by atoms with E-state index in [1.165, 1.54) is 59.2 Å². The van der Waals surface area contributed by atoms with E-state index in [2.05, 4.69) is 401 Å². The maximum Gasteiger partial charge on any atom is 0.137 e. The molecule has 0 bridgehead atoms. The molecule has 0 unspecified atom stereocenters. The van der Waals surface area contributed by atoms with Gasteiger partial charge in [-0.05, 0) is 184 Å². The molecule has 634 valence electrons. The van der Waals surface area contributed by atoms with Gasteiger partial charge >= 0.3 is 0 Å². The summed E-state index contributed by atoms with van der Waals surface area (Å²) in [5.74, 6) is 0. The van der Waals surface area contributed by atoms with E-state index in [0.717, 1.165) is 221 Å². The van der Waals surface area contributed by atoms with Gasteiger partial charge in [0.15, 0.2) is 0 Å². The Morgan fingerprint density at radius 2 is 0.460 bits per heavy atom. The second-order valence-corrected chi connectivity index (χ2v) is 35.3. The first kappa shape index (κ1) is 77.1. The Morgan fingerprint density at radius 3 is 0.905 bits per heavy atom. The van der Waals surface area contributed by atoms with Gasteiger partial charge in [-0.2, -0.15) is 0 Å². The van der Waals surface area contributed by atoms with E-state index in [1.54, 1.807) is 6.20 Å². The topological polar surface area (TPSA) is 142 Å². The van der Waals surface area contributed by atoms with E-state index < -0.39 is 0 Å². The fraction of sp³-hybridized carbons (Fsp3) is 0. The van der Waals surface area contributed by atoms with Gasteiger partial charge in [-0.15, -0.1) is 0 Å². The molecule has 137 heavy (non-hydrogen) atoms. The van der Waals surface area contributed by atoms with Crippen LogP contribution in [0.25, 0.3) is 280 Å². The number of imidazole rings is 3. The summed E-state index contributed by atoms with van der Waals surface area (Å²) in [5.41, 5.74) is 28.0. The quantitative estimate of drug-likeness (QED) is 0.142. The number of nitrogens with zero attached hydrogens (tertiary/aromatic N) is 13. The maximum absolute atomic E-state index is 5.44. The van der Waals surface area contributed by atoms with Crippen molar-refractivity contribution in [3.8, 4) is 78.8 Å². The maximum atomic E-state index is 5.44. The minimum Gasteiger partial charge on any atom is -0.299 e. The molecule has 0 atom stereocenters. The van der Waals surface area contributed by atoms with Crippen molar-refractivity contribution in [3.63, 3.8) is 0 Å². The van der Waals surface area contributed by atoms with Crippen LogP contribution in [0.2, 0.25) is 0 Å². The zero-order chi connectivity index (χ0) is 89.9. The highest BCUT2D eigenvalue weighted by atomic mass is 15.0. The second-order valence-electron chi connectivity index (χ2n) is 35.3. The lowest BCUT2D eigenvalue weighted by molar-refractivity contribution is 1.23. The van der Waals surface area contributed by atoms with Crippen LogP contribution in [0, 0.1) is 0 Å². The number of benzene rings is 20. The number of hydrogen-bond donors (Lipinski definition) is 0. The monoisotopic (exact) mass is 1740 g/mol. The van der Waals surface area contributed by atoms with Gasteiger partial charge in [0.25, 0.3) is 0 Å². The van der Waals surface area contributed by atoms with Crippen molar-refractivity contribution in [2.75, 3.05) is 0 Å². The van der Waals surface area contributed by atoms with Crippen molar-refractivity contribution >= 4 is 202 Å². The highest BCUT2D eigenvalue weighted by Gasteiger charge is 2.25. The zero-order valence-electron chi connectivity index (χ0n) is 73.5. The van der Waals surface area contributed by atoms with Crippen LogP contribution in [0.15, 0.2) is 443 Å². The molecule has 30 rings (SSSR count). The van der Waals surface area contributed by atoms with E-state index in [-0.39, 0.29) is 0 Å². The Labute approximate surface area is 781 Å². The molecule has 10 aromatic heterocycles. The highest BCUT2D eigenvalue weighted by Crippen LogP contribution is 2.46. The lowest BCUT2D eigenvalue weighted by Crippen LogP contribution is -1.97. The molecular formula is C124H73N13. The number of aromatic nitrogens is 13. The lowest BCUT2D eigenvalue weighted by Gasteiger charge is -2.14. The molecule has 20 aromatic carbocycles. The van der Waals surface area contributed by atoms with Crippen molar-refractivity contribution in [3.05, 3.63) is 443 Å². The molecule has 13 heteroatoms. The average molecular weight is 1750 g/mol. The number of pyridine rings is 4. The summed E-state index contributed by atoms with van der Waals surface area (Å²) in [6, 6.07) is 147. The van der Waals surface area contributed by atoms with Crippen LogP contribution in [0.5, 0.6) is 0 Å². The number of rotatable bonds is 7. The first-order valence-corrected chi connectivity index (χ1v) is 46.1. The average Bonchev–Trinajstić information content (AvgIpc) is 1.61. The first-order valence-electron chi connectivity index (χ1n) is 46.1. The molecule has 30 aromatic rings. The van der Waals surface area contributed by atoms with E-state index in [0.29, 0.717) is 0 Å². The third-order valence-electron chi connectivity index (χ3n) is 27.5. The molecule has 0 N–H and O–H groups in total. The summed E-state index contributed by atoms with van der Waals surface area (Å²) in [4.78, 5) is 51.8. The van der Waals surface area contributed by atoms with Crippen molar-refractivity contribution in [2.45, 2.75) is 0 Å². The van der Waals surface area contributed by atoms with Crippen LogP contribution in [0.1, 0.15) is 0 Å². The van der Waals surface area contributed by atoms with E-state index in [4.69, 9.17) is 44.9 Å². The fourth-order valence-electron chi connectivity index (χ4n) is 21.0. The number of hydrogen-bond acceptors (Lipinski definition) is 10. The molecule has 0 amide bonds. The summed E-state index contributed by atoms with van der Waals surface area (Å²) in [5, 5.41) is 25.5. The Morgan fingerprint density at radius 1 is 0.153 bits per heavy atom. The van der Waals surface area contributed by atoms with Crippen LogP contribution in [0.4, 0.5) is 0 Å². The molecule has 13 nitrogen and oxygen atoms in total. The summed E-state index contributed by atoms with van der Waals surface area (Å²) in [6.07, 6.45) is 8.11. The molecule has 0 saturated heterocycles. The fourth-order valence-corrected chi connectivity index (χ4v) is 21.0. The molecule has 0 aliphatic rings. The van der Waals surface area contributed by atoms with Crippen LogP contribution < -0.4 is 0 Å². The van der Waals surface area contributed by atoms with Crippen LogP contribution in [-0.2, 0) is 0 Å². The van der Waals surface area contributed by atoms with Crippen LogP contribution in [0.3, 0.4) is 0 Å². The smallest absolute Gasteiger partial charge is 0.137 e. The first-order chi connectivity index (χ1) is 67.9. The zero-order valence-corrected chi connectivity index (χ0v) is 73.5. The predicted octanol–water partition coefficient (Wildman–Crippen LogP) is 31.0. The predicted molar refractivity (Wildman–Crippen MR) is 566 cm³/mol.